The van der Waals surface area contributed by atoms with Crippen LogP contribution in [0.2, 0.25) is 0 Å². The van der Waals surface area contributed by atoms with Crippen molar-refractivity contribution in [2.24, 2.45) is 0 Å². The normalized spacial score (nSPS) is 12.0. The van der Waals surface area contributed by atoms with E-state index in [-0.39, 0.29) is 0 Å². The average molecular weight is 989 g/mol. The van der Waals surface area contributed by atoms with Crippen LogP contribution in [0.4, 0.5) is 105 Å². The molecule has 5 aromatic carbocycles. The molecule has 0 N–H and O–H groups in total. The lowest BCUT2D eigenvalue weighted by Gasteiger charge is -2.18. The SMILES string of the molecule is Fc1c(F)c(F)c(Sc2c(F)c(F)c(Sc3c(F)c(F)c(Sc4c(F)c(F)c(SC(F)(F)Sc5c(F)c(F)c(F)c(F)c5F)c(F)c4F)c(F)c3F)c(F)c2F)c(F)c1F. The molecule has 0 unspecified atom stereocenters. The van der Waals surface area contributed by atoms with Crippen molar-refractivity contribution < 1.29 is 105 Å². The summed E-state index contributed by atoms with van der Waals surface area (Å²) in [6.07, 6.45) is 0. The Morgan fingerprint density at radius 3 is 0.483 bits per heavy atom. The molecular weight excluding hydrogens is 989 g/mol. The second kappa shape index (κ2) is 17.1. The number of hydrogen-bond acceptors (Lipinski definition) is 5. The molecular formula is C31F24S5. The van der Waals surface area contributed by atoms with Gasteiger partial charge in [-0.3, -0.25) is 0 Å². The predicted molar refractivity (Wildman–Crippen MR) is 160 cm³/mol. The Bertz CT molecular complexity index is 2510. The van der Waals surface area contributed by atoms with Crippen molar-refractivity contribution in [2.45, 2.75) is 43.8 Å². The van der Waals surface area contributed by atoms with Crippen LogP contribution in [-0.2, 0) is 0 Å². The Labute approximate surface area is 335 Å². The number of hydrogen-bond donors (Lipinski definition) is 0. The fourth-order valence-electron chi connectivity index (χ4n) is 4.23. The second-order valence-electron chi connectivity index (χ2n) is 10.5. The molecule has 0 aromatic heterocycles. The van der Waals surface area contributed by atoms with Crippen LogP contribution in [0.25, 0.3) is 0 Å². The van der Waals surface area contributed by atoms with Crippen LogP contribution in [0.1, 0.15) is 0 Å². The van der Waals surface area contributed by atoms with Gasteiger partial charge in [0.15, 0.2) is 116 Å². The van der Waals surface area contributed by atoms with E-state index in [9.17, 15) is 87.8 Å². The van der Waals surface area contributed by atoms with Crippen molar-refractivity contribution in [1.29, 1.82) is 0 Å². The summed E-state index contributed by atoms with van der Waals surface area (Å²) in [6.45, 7) is 0. The highest BCUT2D eigenvalue weighted by Crippen LogP contribution is 2.53. The first-order chi connectivity index (χ1) is 27.7. The molecule has 0 spiro atoms. The topological polar surface area (TPSA) is 0 Å². The van der Waals surface area contributed by atoms with Crippen LogP contribution >= 0.6 is 58.8 Å². The molecule has 0 radical (unpaired) electrons. The molecule has 0 saturated heterocycles. The molecule has 0 bridgehead atoms. The van der Waals surface area contributed by atoms with Gasteiger partial charge in [0.2, 0.25) is 11.6 Å². The van der Waals surface area contributed by atoms with Crippen molar-refractivity contribution >= 4 is 58.8 Å². The maximum absolute atomic E-state index is 15.1. The van der Waals surface area contributed by atoms with Crippen LogP contribution in [0, 0.1) is 128 Å². The first-order valence-electron chi connectivity index (χ1n) is 14.1. The lowest BCUT2D eigenvalue weighted by molar-refractivity contribution is 0.210. The zero-order valence-electron chi connectivity index (χ0n) is 26.6. The van der Waals surface area contributed by atoms with Crippen molar-refractivity contribution in [3.63, 3.8) is 0 Å². The van der Waals surface area contributed by atoms with E-state index in [4.69, 9.17) is 0 Å². The van der Waals surface area contributed by atoms with E-state index in [1.165, 1.54) is 0 Å². The van der Waals surface area contributed by atoms with Gasteiger partial charge in [0, 0.05) is 0 Å². The summed E-state index contributed by atoms with van der Waals surface area (Å²) in [5.41, 5.74) is 0. The van der Waals surface area contributed by atoms with E-state index in [1.807, 2.05) is 0 Å². The van der Waals surface area contributed by atoms with Gasteiger partial charge in [-0.15, -0.1) is 0 Å². The summed E-state index contributed by atoms with van der Waals surface area (Å²) < 4.78 is 339. The Kier molecular flexibility index (Phi) is 13.5. The lowest BCUT2D eigenvalue weighted by Crippen LogP contribution is -2.12. The zero-order valence-corrected chi connectivity index (χ0v) is 30.7. The minimum Gasteiger partial charge on any atom is -0.202 e. The van der Waals surface area contributed by atoms with E-state index in [1.54, 1.807) is 0 Å². The number of rotatable bonds is 10. The van der Waals surface area contributed by atoms with Crippen LogP contribution in [0.3, 0.4) is 0 Å². The molecule has 29 heteroatoms. The minimum atomic E-state index is -5.17. The standard InChI is InChI=1S/C31F24S5/c32-1-3(34)7(38)23(8(39)4(1)35)56-24-11(42)13(44)25(14(45)12(24)43)57-26-15(46)17(48)27(18(49)16(26)47)58-28-19(50)21(52)30(22(53)20(28)51)60-31(54,55)59-29-9(40)5(36)2(33)6(37)10(29)41. The van der Waals surface area contributed by atoms with E-state index >= 15 is 17.6 Å². The Morgan fingerprint density at radius 2 is 0.300 bits per heavy atom. The highest BCUT2D eigenvalue weighted by molar-refractivity contribution is 8.17. The molecule has 60 heavy (non-hydrogen) atoms. The lowest BCUT2D eigenvalue weighted by atomic mass is 10.3. The summed E-state index contributed by atoms with van der Waals surface area (Å²) in [6, 6.07) is 0. The summed E-state index contributed by atoms with van der Waals surface area (Å²) in [4.78, 5) is -18.3. The van der Waals surface area contributed by atoms with Gasteiger partial charge >= 0.3 is 4.59 Å². The molecule has 0 aliphatic carbocycles. The predicted octanol–water partition coefficient (Wildman–Crippen LogP) is 14.6. The fraction of sp³-hybridized carbons (Fsp3) is 0.0323. The number of halogens is 24. The summed E-state index contributed by atoms with van der Waals surface area (Å²) in [7, 11) is 0. The number of benzene rings is 5. The largest absolute Gasteiger partial charge is 0.350 e. The molecule has 0 amide bonds. The monoisotopic (exact) mass is 988 g/mol. The van der Waals surface area contributed by atoms with Gasteiger partial charge in [-0.25, -0.2) is 96.6 Å². The van der Waals surface area contributed by atoms with Crippen LogP contribution in [0.5, 0.6) is 0 Å². The van der Waals surface area contributed by atoms with Crippen molar-refractivity contribution in [1.82, 2.24) is 0 Å². The molecule has 5 rings (SSSR count). The first-order valence-corrected chi connectivity index (χ1v) is 18.2. The third-order valence-corrected chi connectivity index (χ3v) is 12.4. The quantitative estimate of drug-likeness (QED) is 0.0448. The van der Waals surface area contributed by atoms with E-state index in [0.717, 1.165) is 0 Å². The van der Waals surface area contributed by atoms with Gasteiger partial charge in [-0.2, -0.15) is 8.78 Å². The molecule has 322 valence electrons. The Hall–Kier alpha value is -3.83. The van der Waals surface area contributed by atoms with Crippen LogP contribution in [-0.4, -0.2) is 4.59 Å². The molecule has 0 aliphatic rings. The number of thioether (sulfide) groups is 2. The molecule has 0 atom stereocenters. The summed E-state index contributed by atoms with van der Waals surface area (Å²) in [5.74, 6) is -61.9. The van der Waals surface area contributed by atoms with Crippen molar-refractivity contribution in [2.75, 3.05) is 0 Å². The highest BCUT2D eigenvalue weighted by Gasteiger charge is 2.42. The smallest absolute Gasteiger partial charge is 0.202 e. The van der Waals surface area contributed by atoms with Gasteiger partial charge < -0.3 is 0 Å². The van der Waals surface area contributed by atoms with Crippen LogP contribution in [0.15, 0.2) is 39.2 Å². The third kappa shape index (κ3) is 8.02. The van der Waals surface area contributed by atoms with Gasteiger partial charge in [0.1, 0.15) is 0 Å². The molecule has 0 saturated carbocycles. The zero-order chi connectivity index (χ0) is 45.4. The molecule has 0 nitrogen and oxygen atoms in total. The Balaban J connectivity index is 1.50. The summed E-state index contributed by atoms with van der Waals surface area (Å²) >= 11 is -6.89. The van der Waals surface area contributed by atoms with E-state index in [0.29, 0.717) is 0 Å². The van der Waals surface area contributed by atoms with Gasteiger partial charge in [-0.05, 0) is 23.5 Å². The first kappa shape index (κ1) is 47.2. The van der Waals surface area contributed by atoms with E-state index in [2.05, 4.69) is 0 Å². The average Bonchev–Trinajstić information content (AvgIpc) is 3.21. The minimum absolute atomic E-state index is 1.13. The highest BCUT2D eigenvalue weighted by atomic mass is 32.2. The molecule has 0 fully saturated rings. The Morgan fingerprint density at radius 1 is 0.183 bits per heavy atom. The van der Waals surface area contributed by atoms with Crippen molar-refractivity contribution in [3.8, 4) is 0 Å². The van der Waals surface area contributed by atoms with Crippen LogP contribution < -0.4 is 0 Å². The van der Waals surface area contributed by atoms with Crippen molar-refractivity contribution in [3.05, 3.63) is 128 Å². The van der Waals surface area contributed by atoms with Gasteiger partial charge in [0.05, 0.1) is 39.2 Å². The van der Waals surface area contributed by atoms with Gasteiger partial charge in [-0.1, -0.05) is 35.3 Å². The maximum Gasteiger partial charge on any atom is 0.350 e. The molecule has 0 heterocycles. The number of alkyl halides is 2. The third-order valence-electron chi connectivity index (χ3n) is 6.94. The fourth-order valence-corrected chi connectivity index (χ4v) is 8.85. The maximum atomic E-state index is 15.1. The second-order valence-corrected chi connectivity index (χ2v) is 16.1. The van der Waals surface area contributed by atoms with E-state index < -0.39 is 231 Å². The molecule has 0 aliphatic heterocycles. The molecule has 5 aromatic rings. The van der Waals surface area contributed by atoms with Gasteiger partial charge in [0.25, 0.3) is 0 Å². The summed E-state index contributed by atoms with van der Waals surface area (Å²) in [5, 5.41) is 0.